The smallest absolute Gasteiger partial charge is 0.251 e. The third kappa shape index (κ3) is 3.06. The van der Waals surface area contributed by atoms with Gasteiger partial charge in [-0.3, -0.25) is 4.79 Å². The van der Waals surface area contributed by atoms with Gasteiger partial charge in [0.05, 0.1) is 0 Å². The summed E-state index contributed by atoms with van der Waals surface area (Å²) in [7, 11) is 0. The Morgan fingerprint density at radius 2 is 1.60 bits per heavy atom. The number of alkyl halides is 3. The first-order valence-electron chi connectivity index (χ1n) is 2.49. The van der Waals surface area contributed by atoms with Crippen molar-refractivity contribution in [1.29, 1.82) is 0 Å². The predicted octanol–water partition coefficient (Wildman–Crippen LogP) is 1.70. The molecule has 60 valence electrons. The van der Waals surface area contributed by atoms with Crippen molar-refractivity contribution in [3.8, 4) is 0 Å². The maximum absolute atomic E-state index is 10.8. The molecule has 0 radical (unpaired) electrons. The summed E-state index contributed by atoms with van der Waals surface area (Å²) in [6, 6.07) is 0. The van der Waals surface area contributed by atoms with Gasteiger partial charge < -0.3 is 5.11 Å². The first-order valence-corrected chi connectivity index (χ1v) is 3.63. The van der Waals surface area contributed by atoms with E-state index in [1.54, 1.807) is 0 Å². The van der Waals surface area contributed by atoms with Gasteiger partial charge >= 0.3 is 0 Å². The van der Waals surface area contributed by atoms with E-state index >= 15 is 0 Å². The van der Waals surface area contributed by atoms with Gasteiger partial charge in [0.15, 0.2) is 0 Å². The third-order valence-corrected chi connectivity index (χ3v) is 1.33. The highest BCUT2D eigenvalue weighted by atomic mass is 35.6. The standard InChI is InChI=1S/C5H7Cl3O2/c1-4(2,10)3(9)5(6,7)8/h10H,1-2H3. The van der Waals surface area contributed by atoms with Crippen molar-refractivity contribution in [2.45, 2.75) is 23.2 Å². The fraction of sp³-hybridized carbons (Fsp3) is 0.800. The van der Waals surface area contributed by atoms with Crippen molar-refractivity contribution in [2.24, 2.45) is 0 Å². The van der Waals surface area contributed by atoms with Gasteiger partial charge in [0, 0.05) is 0 Å². The molecule has 5 heteroatoms. The van der Waals surface area contributed by atoms with Gasteiger partial charge in [-0.1, -0.05) is 34.8 Å². The van der Waals surface area contributed by atoms with E-state index in [4.69, 9.17) is 39.9 Å². The highest BCUT2D eigenvalue weighted by molar-refractivity contribution is 6.76. The molecule has 0 spiro atoms. The molecule has 0 atom stereocenters. The van der Waals surface area contributed by atoms with Gasteiger partial charge in [0.1, 0.15) is 5.60 Å². The Labute approximate surface area is 74.1 Å². The molecule has 0 aliphatic carbocycles. The maximum atomic E-state index is 10.8. The summed E-state index contributed by atoms with van der Waals surface area (Å²) < 4.78 is -2.03. The SMILES string of the molecule is CC(C)(O)C(=O)C(Cl)(Cl)Cl. The second-order valence-corrected chi connectivity index (χ2v) is 4.67. The number of carbonyl (C=O) groups is 1. The van der Waals surface area contributed by atoms with Crippen molar-refractivity contribution in [1.82, 2.24) is 0 Å². The molecule has 1 N–H and O–H groups in total. The minimum Gasteiger partial charge on any atom is -0.382 e. The minimum absolute atomic E-state index is 0.829. The van der Waals surface area contributed by atoms with Crippen LogP contribution in [0, 0.1) is 0 Å². The lowest BCUT2D eigenvalue weighted by molar-refractivity contribution is -0.133. The lowest BCUT2D eigenvalue weighted by Gasteiger charge is -2.20. The van der Waals surface area contributed by atoms with Crippen LogP contribution < -0.4 is 0 Å². The van der Waals surface area contributed by atoms with Gasteiger partial charge in [-0.25, -0.2) is 0 Å². The topological polar surface area (TPSA) is 37.3 Å². The van der Waals surface area contributed by atoms with Crippen molar-refractivity contribution in [3.63, 3.8) is 0 Å². The average Bonchev–Trinajstić information content (AvgIpc) is 1.59. The fourth-order valence-electron chi connectivity index (χ4n) is 0.347. The van der Waals surface area contributed by atoms with Crippen LogP contribution in [0.4, 0.5) is 0 Å². The highest BCUT2D eigenvalue weighted by Crippen LogP contribution is 2.31. The number of halogens is 3. The summed E-state index contributed by atoms with van der Waals surface area (Å²) in [6.07, 6.45) is 0. The zero-order chi connectivity index (χ0) is 8.58. The molecule has 0 fully saturated rings. The van der Waals surface area contributed by atoms with Crippen LogP contribution in [-0.2, 0) is 4.79 Å². The number of Topliss-reactive ketones (excluding diaryl/α,β-unsaturated/α-hetero) is 1. The fourth-order valence-corrected chi connectivity index (χ4v) is 1.04. The maximum Gasteiger partial charge on any atom is 0.251 e. The van der Waals surface area contributed by atoms with Crippen LogP contribution in [0.15, 0.2) is 0 Å². The first-order chi connectivity index (χ1) is 4.15. The van der Waals surface area contributed by atoms with Crippen LogP contribution >= 0.6 is 34.8 Å². The van der Waals surface area contributed by atoms with Crippen LogP contribution in [0.3, 0.4) is 0 Å². The molecule has 0 aromatic heterocycles. The van der Waals surface area contributed by atoms with E-state index in [1.807, 2.05) is 0 Å². The minimum atomic E-state index is -2.03. The molecule has 0 aliphatic heterocycles. The summed E-state index contributed by atoms with van der Waals surface area (Å²) in [5.74, 6) is -0.829. The molecule has 2 nitrogen and oxygen atoms in total. The Bertz CT molecular complexity index is 126. The molecule has 0 aromatic rings. The average molecular weight is 205 g/mol. The number of aliphatic hydroxyl groups is 1. The van der Waals surface area contributed by atoms with E-state index in [2.05, 4.69) is 0 Å². The van der Waals surface area contributed by atoms with Gasteiger partial charge in [0.25, 0.3) is 3.79 Å². The Morgan fingerprint density at radius 3 is 1.60 bits per heavy atom. The van der Waals surface area contributed by atoms with Gasteiger partial charge in [-0.2, -0.15) is 0 Å². The van der Waals surface area contributed by atoms with Crippen molar-refractivity contribution in [2.75, 3.05) is 0 Å². The highest BCUT2D eigenvalue weighted by Gasteiger charge is 2.40. The van der Waals surface area contributed by atoms with Gasteiger partial charge in [-0.05, 0) is 13.8 Å². The van der Waals surface area contributed by atoms with E-state index in [1.165, 1.54) is 13.8 Å². The number of carbonyl (C=O) groups excluding carboxylic acids is 1. The number of hydrogen-bond donors (Lipinski definition) is 1. The summed E-state index contributed by atoms with van der Waals surface area (Å²) >= 11 is 15.6. The Balaban J connectivity index is 4.40. The molecule has 10 heavy (non-hydrogen) atoms. The number of ketones is 1. The van der Waals surface area contributed by atoms with E-state index in [0.29, 0.717) is 0 Å². The predicted molar refractivity (Wildman–Crippen MR) is 41.6 cm³/mol. The Hall–Kier alpha value is 0.500. The molecule has 0 rings (SSSR count). The molecular formula is C5H7Cl3O2. The van der Waals surface area contributed by atoms with E-state index in [9.17, 15) is 4.79 Å². The monoisotopic (exact) mass is 204 g/mol. The molecule has 0 amide bonds. The zero-order valence-corrected chi connectivity index (χ0v) is 7.76. The van der Waals surface area contributed by atoms with Crippen molar-refractivity contribution in [3.05, 3.63) is 0 Å². The Kier molecular flexibility index (Phi) is 3.00. The van der Waals surface area contributed by atoms with Crippen LogP contribution in [0.1, 0.15) is 13.8 Å². The lowest BCUT2D eigenvalue weighted by Crippen LogP contribution is -2.40. The summed E-state index contributed by atoms with van der Waals surface area (Å²) in [5.41, 5.74) is -1.59. The number of rotatable bonds is 1. The molecule has 0 aliphatic rings. The van der Waals surface area contributed by atoms with Crippen molar-refractivity contribution >= 4 is 40.6 Å². The molecule has 0 saturated carbocycles. The van der Waals surface area contributed by atoms with Crippen molar-refractivity contribution < 1.29 is 9.90 Å². The summed E-state index contributed by atoms with van der Waals surface area (Å²) in [6.45, 7) is 2.52. The first kappa shape index (κ1) is 10.5. The molecule has 0 bridgehead atoms. The Morgan fingerprint density at radius 1 is 1.30 bits per heavy atom. The molecule has 0 aromatic carbocycles. The zero-order valence-electron chi connectivity index (χ0n) is 5.49. The van der Waals surface area contributed by atoms with Gasteiger partial charge in [0.2, 0.25) is 5.78 Å². The van der Waals surface area contributed by atoms with E-state index < -0.39 is 15.2 Å². The van der Waals surface area contributed by atoms with E-state index in [-0.39, 0.29) is 0 Å². The molecule has 0 unspecified atom stereocenters. The van der Waals surface area contributed by atoms with Crippen LogP contribution in [0.25, 0.3) is 0 Å². The second kappa shape index (κ2) is 2.86. The van der Waals surface area contributed by atoms with Crippen LogP contribution in [0.5, 0.6) is 0 Å². The molecule has 0 heterocycles. The van der Waals surface area contributed by atoms with Crippen LogP contribution in [0.2, 0.25) is 0 Å². The largest absolute Gasteiger partial charge is 0.382 e. The second-order valence-electron chi connectivity index (χ2n) is 2.39. The third-order valence-electron chi connectivity index (χ3n) is 0.813. The lowest BCUT2D eigenvalue weighted by atomic mass is 10.1. The summed E-state index contributed by atoms with van der Waals surface area (Å²) in [5, 5.41) is 9.02. The van der Waals surface area contributed by atoms with Crippen LogP contribution in [-0.4, -0.2) is 20.3 Å². The quantitative estimate of drug-likeness (QED) is 0.662. The normalized spacial score (nSPS) is 13.4. The molecule has 0 saturated heterocycles. The number of hydrogen-bond acceptors (Lipinski definition) is 2. The molecular weight excluding hydrogens is 198 g/mol. The van der Waals surface area contributed by atoms with E-state index in [0.717, 1.165) is 0 Å². The van der Waals surface area contributed by atoms with Gasteiger partial charge in [-0.15, -0.1) is 0 Å². The summed E-state index contributed by atoms with van der Waals surface area (Å²) in [4.78, 5) is 10.8.